The minimum atomic E-state index is -1.40. The molecule has 1 saturated heterocycles. The van der Waals surface area contributed by atoms with Crippen molar-refractivity contribution in [1.29, 1.82) is 0 Å². The number of allylic oxidation sites excluding steroid dienone is 1. The van der Waals surface area contributed by atoms with Gasteiger partial charge in [0, 0.05) is 0 Å². The predicted octanol–water partition coefficient (Wildman–Crippen LogP) is -0.167. The smallest absolute Gasteiger partial charge is 0.185 e. The molecule has 0 unspecified atom stereocenters. The molecule has 0 spiro atoms. The molecule has 1 fully saturated rings. The molecule has 0 aromatic heterocycles. The Kier molecular flexibility index (Phi) is 3.51. The second-order valence-electron chi connectivity index (χ2n) is 3.80. The van der Waals surface area contributed by atoms with E-state index >= 15 is 0 Å². The van der Waals surface area contributed by atoms with Crippen molar-refractivity contribution < 1.29 is 25.2 Å². The average Bonchev–Trinajstić information content (AvgIpc) is 2.43. The van der Waals surface area contributed by atoms with Crippen LogP contribution in [0.4, 0.5) is 0 Å². The quantitative estimate of drug-likeness (QED) is 0.380. The van der Waals surface area contributed by atoms with Crippen molar-refractivity contribution in [2.24, 2.45) is 0 Å². The van der Waals surface area contributed by atoms with Crippen LogP contribution >= 0.6 is 0 Å². The second kappa shape index (κ2) is 4.32. The van der Waals surface area contributed by atoms with Crippen molar-refractivity contribution in [1.82, 2.24) is 0 Å². The first-order valence-corrected chi connectivity index (χ1v) is 4.61. The average molecular weight is 216 g/mol. The Morgan fingerprint density at radius 1 is 1.40 bits per heavy atom. The molecule has 0 bridgehead atoms. The normalized spacial score (nSPS) is 32.9. The van der Waals surface area contributed by atoms with Crippen LogP contribution in [-0.4, -0.2) is 45.0 Å². The predicted molar refractivity (Wildman–Crippen MR) is 53.0 cm³/mol. The molecule has 1 heterocycles. The van der Waals surface area contributed by atoms with Gasteiger partial charge in [-0.25, -0.2) is 0 Å². The van der Waals surface area contributed by atoms with Gasteiger partial charge in [-0.05, 0) is 25.0 Å². The maximum atomic E-state index is 9.68. The van der Waals surface area contributed by atoms with Gasteiger partial charge in [0.05, 0.1) is 0 Å². The van der Waals surface area contributed by atoms with Crippen LogP contribution in [0.1, 0.15) is 13.8 Å². The first kappa shape index (κ1) is 12.2. The molecule has 0 aromatic rings. The Morgan fingerprint density at radius 2 is 1.93 bits per heavy atom. The third kappa shape index (κ3) is 2.21. The zero-order valence-electron chi connectivity index (χ0n) is 8.71. The van der Waals surface area contributed by atoms with Crippen molar-refractivity contribution >= 4 is 0 Å². The third-order valence-corrected chi connectivity index (χ3v) is 2.38. The SMILES string of the molecule is C=C1[C@@H](O)[C@@H](O)O[C@@H]1[C@H](O)C(O)=C(C)C. The Labute approximate surface area is 87.9 Å². The van der Waals surface area contributed by atoms with Crippen molar-refractivity contribution in [3.63, 3.8) is 0 Å². The second-order valence-corrected chi connectivity index (χ2v) is 3.80. The zero-order chi connectivity index (χ0) is 11.7. The Morgan fingerprint density at radius 3 is 2.27 bits per heavy atom. The van der Waals surface area contributed by atoms with Crippen LogP contribution < -0.4 is 0 Å². The van der Waals surface area contributed by atoms with Gasteiger partial charge in [-0.15, -0.1) is 0 Å². The monoisotopic (exact) mass is 216 g/mol. The van der Waals surface area contributed by atoms with E-state index in [1.165, 1.54) is 0 Å². The molecule has 15 heavy (non-hydrogen) atoms. The summed E-state index contributed by atoms with van der Waals surface area (Å²) in [5, 5.41) is 37.7. The summed E-state index contributed by atoms with van der Waals surface area (Å²) in [7, 11) is 0. The van der Waals surface area contributed by atoms with Crippen LogP contribution in [0.2, 0.25) is 0 Å². The molecule has 0 radical (unpaired) electrons. The molecular weight excluding hydrogens is 200 g/mol. The molecular formula is C10H16O5. The van der Waals surface area contributed by atoms with E-state index in [1.807, 2.05) is 0 Å². The minimum absolute atomic E-state index is 0.155. The Hall–Kier alpha value is -0.880. The standard InChI is InChI=1S/C10H16O5/c1-4(2)6(11)8(13)9-5(3)7(12)10(14)15-9/h7-14H,3H2,1-2H3/t7-,8-,9+,10+/m1/s1. The van der Waals surface area contributed by atoms with Crippen LogP contribution in [0.25, 0.3) is 0 Å². The highest BCUT2D eigenvalue weighted by Gasteiger charge is 2.41. The van der Waals surface area contributed by atoms with Crippen LogP contribution in [0.5, 0.6) is 0 Å². The number of aliphatic hydroxyl groups is 4. The van der Waals surface area contributed by atoms with E-state index in [2.05, 4.69) is 6.58 Å². The van der Waals surface area contributed by atoms with E-state index < -0.39 is 24.6 Å². The molecule has 1 aliphatic rings. The molecule has 0 saturated carbocycles. The minimum Gasteiger partial charge on any atom is -0.510 e. The summed E-state index contributed by atoms with van der Waals surface area (Å²) in [4.78, 5) is 0. The molecule has 86 valence electrons. The molecule has 4 N–H and O–H groups in total. The van der Waals surface area contributed by atoms with Crippen molar-refractivity contribution in [2.75, 3.05) is 0 Å². The molecule has 1 aliphatic heterocycles. The van der Waals surface area contributed by atoms with Gasteiger partial charge in [0.25, 0.3) is 0 Å². The number of hydrogen-bond acceptors (Lipinski definition) is 5. The summed E-state index contributed by atoms with van der Waals surface area (Å²) in [5.74, 6) is -0.234. The lowest BCUT2D eigenvalue weighted by atomic mass is 10.0. The van der Waals surface area contributed by atoms with Crippen molar-refractivity contribution in [3.05, 3.63) is 23.5 Å². The molecule has 0 amide bonds. The van der Waals surface area contributed by atoms with Gasteiger partial charge in [0.2, 0.25) is 0 Å². The highest BCUT2D eigenvalue weighted by molar-refractivity contribution is 5.22. The van der Waals surface area contributed by atoms with Gasteiger partial charge in [-0.2, -0.15) is 0 Å². The van der Waals surface area contributed by atoms with Gasteiger partial charge in [0.1, 0.15) is 24.1 Å². The largest absolute Gasteiger partial charge is 0.510 e. The van der Waals surface area contributed by atoms with Crippen molar-refractivity contribution in [3.8, 4) is 0 Å². The highest BCUT2D eigenvalue weighted by Crippen LogP contribution is 2.28. The lowest BCUT2D eigenvalue weighted by molar-refractivity contribution is -0.143. The number of rotatable bonds is 2. The maximum absolute atomic E-state index is 9.68. The number of hydrogen-bond donors (Lipinski definition) is 4. The van der Waals surface area contributed by atoms with Crippen LogP contribution in [0.3, 0.4) is 0 Å². The third-order valence-electron chi connectivity index (χ3n) is 2.38. The summed E-state index contributed by atoms with van der Waals surface area (Å²) in [6.45, 7) is 6.76. The number of aliphatic hydroxyl groups excluding tert-OH is 4. The fourth-order valence-electron chi connectivity index (χ4n) is 1.38. The highest BCUT2D eigenvalue weighted by atomic mass is 16.6. The van der Waals surface area contributed by atoms with Gasteiger partial charge in [-0.1, -0.05) is 6.58 Å². The van der Waals surface area contributed by atoms with E-state index in [-0.39, 0.29) is 11.3 Å². The molecule has 0 aliphatic carbocycles. The zero-order valence-corrected chi connectivity index (χ0v) is 8.71. The Bertz CT molecular complexity index is 292. The first-order chi connectivity index (χ1) is 6.86. The van der Waals surface area contributed by atoms with E-state index in [1.54, 1.807) is 13.8 Å². The molecule has 0 aromatic carbocycles. The van der Waals surface area contributed by atoms with Crippen LogP contribution in [0.15, 0.2) is 23.5 Å². The molecule has 4 atom stereocenters. The summed E-state index contributed by atoms with van der Waals surface area (Å²) >= 11 is 0. The lowest BCUT2D eigenvalue weighted by Gasteiger charge is -2.18. The summed E-state index contributed by atoms with van der Waals surface area (Å²) < 4.78 is 4.88. The number of ether oxygens (including phenoxy) is 1. The molecule has 5 nitrogen and oxygen atoms in total. The topological polar surface area (TPSA) is 90.2 Å². The first-order valence-electron chi connectivity index (χ1n) is 4.61. The lowest BCUT2D eigenvalue weighted by Crippen LogP contribution is -2.30. The summed E-state index contributed by atoms with van der Waals surface area (Å²) in [6, 6.07) is 0. The maximum Gasteiger partial charge on any atom is 0.185 e. The van der Waals surface area contributed by atoms with Gasteiger partial charge < -0.3 is 25.2 Å². The van der Waals surface area contributed by atoms with E-state index in [9.17, 15) is 15.3 Å². The molecule has 1 rings (SSSR count). The summed E-state index contributed by atoms with van der Waals surface area (Å²) in [6.07, 6.45) is -4.92. The summed E-state index contributed by atoms with van der Waals surface area (Å²) in [5.41, 5.74) is 0.692. The van der Waals surface area contributed by atoms with Crippen LogP contribution in [0, 0.1) is 0 Å². The van der Waals surface area contributed by atoms with Gasteiger partial charge in [-0.3, -0.25) is 0 Å². The van der Waals surface area contributed by atoms with E-state index in [0.29, 0.717) is 5.57 Å². The van der Waals surface area contributed by atoms with E-state index in [0.717, 1.165) is 0 Å². The van der Waals surface area contributed by atoms with Crippen LogP contribution in [-0.2, 0) is 4.74 Å². The Balaban J connectivity index is 2.83. The van der Waals surface area contributed by atoms with Gasteiger partial charge in [0.15, 0.2) is 6.29 Å². The van der Waals surface area contributed by atoms with E-state index in [4.69, 9.17) is 9.84 Å². The van der Waals surface area contributed by atoms with Gasteiger partial charge >= 0.3 is 0 Å². The van der Waals surface area contributed by atoms with Crippen molar-refractivity contribution in [2.45, 2.75) is 38.4 Å². The fraction of sp³-hybridized carbons (Fsp3) is 0.600. The fourth-order valence-corrected chi connectivity index (χ4v) is 1.38. The molecule has 5 heteroatoms.